The van der Waals surface area contributed by atoms with Gasteiger partial charge in [0.05, 0.1) is 11.6 Å². The molecule has 0 aliphatic heterocycles. The van der Waals surface area contributed by atoms with Crippen LogP contribution in [0, 0.1) is 11.3 Å². The van der Waals surface area contributed by atoms with Crippen molar-refractivity contribution < 1.29 is 70.1 Å². The van der Waals surface area contributed by atoms with Crippen LogP contribution >= 0.6 is 0 Å². The summed E-state index contributed by atoms with van der Waals surface area (Å²) in [6, 6.07) is 5.73. The molecule has 3 nitrogen and oxygen atoms in total. The number of alkyl halides is 2. The van der Waals surface area contributed by atoms with Crippen LogP contribution in [-0.2, 0) is 10.7 Å². The Bertz CT molecular complexity index is 398. The van der Waals surface area contributed by atoms with Crippen molar-refractivity contribution in [3.05, 3.63) is 35.4 Å². The van der Waals surface area contributed by atoms with Gasteiger partial charge in [-0.2, -0.15) is 14.0 Å². The number of hydrogen-bond acceptors (Lipinski definition) is 3. The molecule has 0 aliphatic carbocycles. The summed E-state index contributed by atoms with van der Waals surface area (Å²) in [6.07, 6.45) is 0. The van der Waals surface area contributed by atoms with Gasteiger partial charge < -0.3 is 9.90 Å². The van der Waals surface area contributed by atoms with Crippen molar-refractivity contribution in [1.29, 1.82) is 5.26 Å². The van der Waals surface area contributed by atoms with Crippen molar-refractivity contribution in [3.63, 3.8) is 0 Å². The maximum absolute atomic E-state index is 12.8. The molecule has 1 aromatic rings. The normalized spacial score (nSPS) is 9.93. The van der Waals surface area contributed by atoms with Gasteiger partial charge >= 0.3 is 57.3 Å². The van der Waals surface area contributed by atoms with Gasteiger partial charge in [0.25, 0.3) is 0 Å². The number of halogens is 2. The number of rotatable bonds is 2. The van der Waals surface area contributed by atoms with E-state index in [1.807, 2.05) is 0 Å². The topological polar surface area (TPSA) is 63.9 Å². The number of carbonyl (C=O) groups excluding carboxylic acids is 1. The number of benzene rings is 1. The molecule has 6 heteroatoms. The Balaban J connectivity index is 0.00000196. The zero-order valence-corrected chi connectivity index (χ0v) is 11.0. The smallest absolute Gasteiger partial charge is 0.544 e. The molecule has 1 rings (SSSR count). The monoisotopic (exact) mass is 235 g/mol. The molecule has 0 saturated carbocycles. The fourth-order valence-corrected chi connectivity index (χ4v) is 0.872. The minimum atomic E-state index is -4.02. The van der Waals surface area contributed by atoms with Gasteiger partial charge in [-0.3, -0.25) is 0 Å². The molecule has 0 radical (unpaired) electrons. The summed E-state index contributed by atoms with van der Waals surface area (Å²) in [5.41, 5.74) is -0.514. The Morgan fingerprint density at radius 1 is 1.33 bits per heavy atom. The summed E-state index contributed by atoms with van der Waals surface area (Å²) in [6.45, 7) is 0. The van der Waals surface area contributed by atoms with Crippen molar-refractivity contribution in [2.24, 2.45) is 0 Å². The first kappa shape index (κ1) is 14.7. The van der Waals surface area contributed by atoms with Crippen LogP contribution in [0.4, 0.5) is 8.78 Å². The van der Waals surface area contributed by atoms with Crippen molar-refractivity contribution >= 4 is 5.97 Å². The second kappa shape index (κ2) is 5.68. The molecule has 0 bridgehead atoms. The Labute approximate surface area is 127 Å². The maximum Gasteiger partial charge on any atom is 1.00 e. The Hall–Kier alpha value is -0.324. The largest absolute Gasteiger partial charge is 1.00 e. The van der Waals surface area contributed by atoms with E-state index in [-0.39, 0.29) is 56.9 Å². The first-order chi connectivity index (χ1) is 6.48. The van der Waals surface area contributed by atoms with Crippen molar-refractivity contribution in [3.8, 4) is 6.07 Å². The molecule has 1 aromatic carbocycles. The van der Waals surface area contributed by atoms with Crippen LogP contribution in [0.15, 0.2) is 24.3 Å². The Morgan fingerprint density at radius 2 is 1.80 bits per heavy atom. The molecule has 0 heterocycles. The third kappa shape index (κ3) is 3.33. The first-order valence-corrected chi connectivity index (χ1v) is 3.58. The van der Waals surface area contributed by atoms with Crippen LogP contribution in [-0.4, -0.2) is 5.97 Å². The molecule has 0 aromatic heterocycles. The van der Waals surface area contributed by atoms with Crippen LogP contribution in [0.25, 0.3) is 0 Å². The van der Waals surface area contributed by atoms with Crippen LogP contribution in [0.2, 0.25) is 0 Å². The van der Waals surface area contributed by atoms with Gasteiger partial charge in [-0.15, -0.1) is 0 Å². The average molecular weight is 235 g/mol. The molecule has 0 fully saturated rings. The quantitative estimate of drug-likeness (QED) is 0.528. The van der Waals surface area contributed by atoms with Gasteiger partial charge in [0, 0.05) is 5.56 Å². The zero-order valence-electron chi connectivity index (χ0n) is 7.83. The Morgan fingerprint density at radius 3 is 2.13 bits per heavy atom. The van der Waals surface area contributed by atoms with Gasteiger partial charge in [0.1, 0.15) is 5.97 Å². The van der Waals surface area contributed by atoms with E-state index in [0.717, 1.165) is 24.3 Å². The van der Waals surface area contributed by atoms with E-state index in [0.29, 0.717) is 0 Å². The number of carboxylic acid groups (broad SMARTS) is 1. The van der Waals surface area contributed by atoms with Gasteiger partial charge in [0.15, 0.2) is 0 Å². The molecular formula is C9H4F2KNO2. The van der Waals surface area contributed by atoms with E-state index in [2.05, 4.69) is 0 Å². The molecule has 72 valence electrons. The van der Waals surface area contributed by atoms with E-state index in [9.17, 15) is 18.7 Å². The number of aliphatic carboxylic acids is 1. The van der Waals surface area contributed by atoms with Crippen LogP contribution in [0.3, 0.4) is 0 Å². The predicted molar refractivity (Wildman–Crippen MR) is 40.1 cm³/mol. The van der Waals surface area contributed by atoms with Crippen LogP contribution < -0.4 is 56.5 Å². The predicted octanol–water partition coefficient (Wildman–Crippen LogP) is -2.60. The third-order valence-corrected chi connectivity index (χ3v) is 1.63. The number of carboxylic acids is 1. The van der Waals surface area contributed by atoms with E-state index >= 15 is 0 Å². The van der Waals surface area contributed by atoms with Gasteiger partial charge in [0.2, 0.25) is 0 Å². The molecule has 15 heavy (non-hydrogen) atoms. The number of nitrogens with zero attached hydrogens (tertiary/aromatic N) is 1. The third-order valence-electron chi connectivity index (χ3n) is 1.63. The molecule has 0 amide bonds. The van der Waals surface area contributed by atoms with Gasteiger partial charge in [-0.05, 0) is 12.1 Å². The molecule has 0 aliphatic rings. The van der Waals surface area contributed by atoms with E-state index in [1.54, 1.807) is 6.07 Å². The fraction of sp³-hybridized carbons (Fsp3) is 0.111. The number of carbonyl (C=O) groups is 1. The molecular weight excluding hydrogens is 231 g/mol. The maximum atomic E-state index is 12.8. The summed E-state index contributed by atoms with van der Waals surface area (Å²) in [7, 11) is 0. The first-order valence-electron chi connectivity index (χ1n) is 3.58. The van der Waals surface area contributed by atoms with Crippen molar-refractivity contribution in [2.45, 2.75) is 5.92 Å². The number of hydrogen-bond donors (Lipinski definition) is 0. The molecule has 0 spiro atoms. The SMILES string of the molecule is N#Cc1ccc(C(F)(F)C(=O)[O-])cc1.[K+]. The molecule has 0 unspecified atom stereocenters. The van der Waals surface area contributed by atoms with Gasteiger partial charge in [-0.25, -0.2) is 0 Å². The van der Waals surface area contributed by atoms with Crippen LogP contribution in [0.5, 0.6) is 0 Å². The molecule has 0 atom stereocenters. The summed E-state index contributed by atoms with van der Waals surface area (Å²) >= 11 is 0. The van der Waals surface area contributed by atoms with Crippen molar-refractivity contribution in [2.75, 3.05) is 0 Å². The van der Waals surface area contributed by atoms with E-state index in [1.165, 1.54) is 0 Å². The fourth-order valence-electron chi connectivity index (χ4n) is 0.872. The van der Waals surface area contributed by atoms with Crippen molar-refractivity contribution in [1.82, 2.24) is 0 Å². The summed E-state index contributed by atoms with van der Waals surface area (Å²) in [5.74, 6) is -6.48. The molecule has 0 N–H and O–H groups in total. The zero-order chi connectivity index (χ0) is 10.8. The average Bonchev–Trinajstić information content (AvgIpc) is 2.17. The van der Waals surface area contributed by atoms with E-state index < -0.39 is 17.5 Å². The summed E-state index contributed by atoms with van der Waals surface area (Å²) in [5, 5.41) is 18.4. The minimum absolute atomic E-state index is 0. The van der Waals surface area contributed by atoms with E-state index in [4.69, 9.17) is 5.26 Å². The minimum Gasteiger partial charge on any atom is -0.544 e. The van der Waals surface area contributed by atoms with Crippen LogP contribution in [0.1, 0.15) is 11.1 Å². The Kier molecular flexibility index (Phi) is 5.55. The second-order valence-corrected chi connectivity index (χ2v) is 2.55. The number of nitriles is 1. The summed E-state index contributed by atoms with van der Waals surface area (Å²) in [4.78, 5) is 10.0. The second-order valence-electron chi connectivity index (χ2n) is 2.55. The van der Waals surface area contributed by atoms with Gasteiger partial charge in [-0.1, -0.05) is 12.1 Å². The standard InChI is InChI=1S/C9H5F2NO2.K/c10-9(11,8(13)14)7-3-1-6(5-12)2-4-7;/h1-4H,(H,13,14);/q;+1/p-1. The summed E-state index contributed by atoms with van der Waals surface area (Å²) < 4.78 is 25.5. The molecule has 0 saturated heterocycles.